The molecule has 2 heterocycles. The first-order valence-corrected chi connectivity index (χ1v) is 7.77. The monoisotopic (exact) mass is 311 g/mol. The van der Waals surface area contributed by atoms with Crippen LogP contribution in [0.4, 0.5) is 5.82 Å². The fourth-order valence-electron chi connectivity index (χ4n) is 2.65. The number of aliphatic hydroxyl groups excluding tert-OH is 1. The number of pyridine rings is 1. The van der Waals surface area contributed by atoms with E-state index in [2.05, 4.69) is 24.1 Å². The molecule has 21 heavy (non-hydrogen) atoms. The van der Waals surface area contributed by atoms with Crippen molar-refractivity contribution in [2.24, 2.45) is 5.92 Å². The van der Waals surface area contributed by atoms with Gasteiger partial charge in [-0.3, -0.25) is 4.79 Å². The summed E-state index contributed by atoms with van der Waals surface area (Å²) in [6.45, 7) is 5.55. The topological polar surface area (TPSA) is 65.5 Å². The van der Waals surface area contributed by atoms with Gasteiger partial charge in [-0.05, 0) is 24.8 Å². The minimum absolute atomic E-state index is 0.0173. The molecule has 2 unspecified atom stereocenters. The highest BCUT2D eigenvalue weighted by molar-refractivity contribution is 6.33. The molecule has 116 valence electrons. The van der Waals surface area contributed by atoms with Crippen LogP contribution in [-0.4, -0.2) is 46.6 Å². The maximum atomic E-state index is 12.7. The van der Waals surface area contributed by atoms with Gasteiger partial charge in [0.15, 0.2) is 0 Å². The molecular weight excluding hydrogens is 290 g/mol. The maximum absolute atomic E-state index is 12.7. The van der Waals surface area contributed by atoms with Crippen LogP contribution in [0, 0.1) is 5.92 Å². The molecule has 0 radical (unpaired) electrons. The van der Waals surface area contributed by atoms with Crippen molar-refractivity contribution in [1.29, 1.82) is 0 Å². The molecule has 1 aliphatic rings. The van der Waals surface area contributed by atoms with Gasteiger partial charge in [-0.1, -0.05) is 25.4 Å². The van der Waals surface area contributed by atoms with Crippen molar-refractivity contribution in [3.8, 4) is 0 Å². The van der Waals surface area contributed by atoms with Gasteiger partial charge in [-0.2, -0.15) is 0 Å². The maximum Gasteiger partial charge on any atom is 0.255 e. The van der Waals surface area contributed by atoms with Crippen LogP contribution in [0.3, 0.4) is 0 Å². The van der Waals surface area contributed by atoms with Crippen molar-refractivity contribution in [2.75, 3.05) is 25.0 Å². The van der Waals surface area contributed by atoms with Crippen LogP contribution in [0.5, 0.6) is 0 Å². The van der Waals surface area contributed by atoms with Crippen LogP contribution in [0.25, 0.3) is 0 Å². The minimum Gasteiger partial charge on any atom is -0.394 e. The largest absolute Gasteiger partial charge is 0.394 e. The van der Waals surface area contributed by atoms with Crippen LogP contribution >= 0.6 is 11.6 Å². The average molecular weight is 312 g/mol. The van der Waals surface area contributed by atoms with E-state index >= 15 is 0 Å². The van der Waals surface area contributed by atoms with Gasteiger partial charge in [0, 0.05) is 19.3 Å². The highest BCUT2D eigenvalue weighted by Gasteiger charge is 2.35. The third-order valence-corrected chi connectivity index (χ3v) is 4.27. The molecule has 2 N–H and O–H groups in total. The Morgan fingerprint density at radius 1 is 1.62 bits per heavy atom. The van der Waals surface area contributed by atoms with Gasteiger partial charge < -0.3 is 15.3 Å². The molecule has 2 rings (SSSR count). The van der Waals surface area contributed by atoms with E-state index in [0.29, 0.717) is 28.9 Å². The lowest BCUT2D eigenvalue weighted by molar-refractivity contribution is 0.0648. The highest BCUT2D eigenvalue weighted by Crippen LogP contribution is 2.28. The molecule has 2 atom stereocenters. The van der Waals surface area contributed by atoms with E-state index in [1.54, 1.807) is 11.0 Å². The van der Waals surface area contributed by atoms with Gasteiger partial charge in [0.25, 0.3) is 5.91 Å². The third-order valence-electron chi connectivity index (χ3n) is 3.97. The summed E-state index contributed by atoms with van der Waals surface area (Å²) in [4.78, 5) is 18.6. The van der Waals surface area contributed by atoms with E-state index in [4.69, 9.17) is 11.6 Å². The number of carbonyl (C=O) groups excluding carboxylic acids is 1. The molecule has 1 fully saturated rings. The third kappa shape index (κ3) is 3.47. The van der Waals surface area contributed by atoms with Crippen molar-refractivity contribution in [3.05, 3.63) is 22.8 Å². The molecule has 1 aromatic rings. The van der Waals surface area contributed by atoms with Crippen molar-refractivity contribution in [1.82, 2.24) is 9.88 Å². The Morgan fingerprint density at radius 2 is 2.38 bits per heavy atom. The van der Waals surface area contributed by atoms with Crippen molar-refractivity contribution in [3.63, 3.8) is 0 Å². The number of hydrogen-bond acceptors (Lipinski definition) is 4. The molecule has 6 heteroatoms. The molecule has 0 saturated carbocycles. The van der Waals surface area contributed by atoms with Gasteiger partial charge >= 0.3 is 0 Å². The highest BCUT2D eigenvalue weighted by atomic mass is 35.5. The number of hydrogen-bond donors (Lipinski definition) is 2. The van der Waals surface area contributed by atoms with E-state index in [-0.39, 0.29) is 18.6 Å². The van der Waals surface area contributed by atoms with Gasteiger partial charge in [0.05, 0.1) is 23.2 Å². The van der Waals surface area contributed by atoms with E-state index in [1.165, 1.54) is 6.20 Å². The smallest absolute Gasteiger partial charge is 0.255 e. The molecule has 5 nitrogen and oxygen atoms in total. The lowest BCUT2D eigenvalue weighted by Gasteiger charge is -2.25. The summed E-state index contributed by atoms with van der Waals surface area (Å²) in [6.07, 6.45) is 3.38. The number of nitrogens with zero attached hydrogens (tertiary/aromatic N) is 2. The summed E-state index contributed by atoms with van der Waals surface area (Å²) in [5.41, 5.74) is 0.442. The number of anilines is 1. The van der Waals surface area contributed by atoms with Crippen molar-refractivity contribution >= 4 is 23.3 Å². The lowest BCUT2D eigenvalue weighted by atomic mass is 10.0. The number of rotatable bonds is 5. The SMILES string of the molecule is CCCNc1cc(C(=O)N2CCC(C)C2CO)c(Cl)cn1. The first-order valence-electron chi connectivity index (χ1n) is 7.39. The van der Waals surface area contributed by atoms with Crippen LogP contribution < -0.4 is 5.32 Å². The van der Waals surface area contributed by atoms with Gasteiger partial charge in [-0.25, -0.2) is 4.98 Å². The second-order valence-corrected chi connectivity index (χ2v) is 5.90. The first kappa shape index (κ1) is 16.0. The minimum atomic E-state index is -0.134. The quantitative estimate of drug-likeness (QED) is 0.876. The van der Waals surface area contributed by atoms with E-state index in [9.17, 15) is 9.90 Å². The fourth-order valence-corrected chi connectivity index (χ4v) is 2.83. The molecule has 1 aromatic heterocycles. The summed E-state index contributed by atoms with van der Waals surface area (Å²) < 4.78 is 0. The summed E-state index contributed by atoms with van der Waals surface area (Å²) >= 11 is 6.13. The number of nitrogens with one attached hydrogen (secondary N) is 1. The molecular formula is C15H22ClN3O2. The molecule has 0 spiro atoms. The van der Waals surface area contributed by atoms with Gasteiger partial charge in [0.2, 0.25) is 0 Å². The fraction of sp³-hybridized carbons (Fsp3) is 0.600. The number of halogens is 1. The Hall–Kier alpha value is -1.33. The molecule has 1 saturated heterocycles. The van der Waals surface area contributed by atoms with Gasteiger partial charge in [-0.15, -0.1) is 0 Å². The Morgan fingerprint density at radius 3 is 3.05 bits per heavy atom. The Bertz CT molecular complexity index is 510. The van der Waals surface area contributed by atoms with Crippen molar-refractivity contribution < 1.29 is 9.90 Å². The number of aliphatic hydroxyl groups is 1. The summed E-state index contributed by atoms with van der Waals surface area (Å²) in [6, 6.07) is 1.56. The zero-order valence-electron chi connectivity index (χ0n) is 12.5. The molecule has 0 aliphatic carbocycles. The molecule has 1 amide bonds. The number of carbonyl (C=O) groups is 1. The second kappa shape index (κ2) is 7.09. The summed E-state index contributed by atoms with van der Waals surface area (Å²) in [5, 5.41) is 13.0. The van der Waals surface area contributed by atoms with Crippen molar-refractivity contribution in [2.45, 2.75) is 32.7 Å². The Balaban J connectivity index is 2.22. The zero-order valence-corrected chi connectivity index (χ0v) is 13.2. The lowest BCUT2D eigenvalue weighted by Crippen LogP contribution is -2.40. The first-order chi connectivity index (χ1) is 10.1. The molecule has 1 aliphatic heterocycles. The summed E-state index contributed by atoms with van der Waals surface area (Å²) in [7, 11) is 0. The zero-order chi connectivity index (χ0) is 15.4. The van der Waals surface area contributed by atoms with E-state index in [0.717, 1.165) is 19.4 Å². The van der Waals surface area contributed by atoms with Crippen LogP contribution in [-0.2, 0) is 0 Å². The Kier molecular flexibility index (Phi) is 5.42. The number of aromatic nitrogens is 1. The average Bonchev–Trinajstić information content (AvgIpc) is 2.86. The Labute approximate surface area is 130 Å². The standard InChI is InChI=1S/C15H22ClN3O2/c1-3-5-17-14-7-11(12(16)8-18-14)15(21)19-6-4-10(2)13(19)9-20/h7-8,10,13,20H,3-6,9H2,1-2H3,(H,17,18). The van der Waals surface area contributed by atoms with Gasteiger partial charge in [0.1, 0.15) is 5.82 Å². The van der Waals surface area contributed by atoms with Crippen LogP contribution in [0.2, 0.25) is 5.02 Å². The number of amides is 1. The van der Waals surface area contributed by atoms with Crippen LogP contribution in [0.1, 0.15) is 37.0 Å². The second-order valence-electron chi connectivity index (χ2n) is 5.49. The molecule has 0 bridgehead atoms. The number of likely N-dealkylation sites (tertiary alicyclic amines) is 1. The predicted molar refractivity (Wildman–Crippen MR) is 83.7 cm³/mol. The predicted octanol–water partition coefficient (Wildman–Crippen LogP) is 2.40. The van der Waals surface area contributed by atoms with E-state index in [1.807, 2.05) is 0 Å². The summed E-state index contributed by atoms with van der Waals surface area (Å²) in [5.74, 6) is 0.819. The normalized spacial score (nSPS) is 21.6. The molecule has 0 aromatic carbocycles. The van der Waals surface area contributed by atoms with Crippen LogP contribution in [0.15, 0.2) is 12.3 Å². The van der Waals surface area contributed by atoms with E-state index < -0.39 is 0 Å².